The van der Waals surface area contributed by atoms with E-state index < -0.39 is 17.5 Å². The van der Waals surface area contributed by atoms with Crippen LogP contribution < -0.4 is 11.1 Å². The number of amides is 1. The summed E-state index contributed by atoms with van der Waals surface area (Å²) in [6.45, 7) is 5.66. The molecule has 0 bridgehead atoms. The van der Waals surface area contributed by atoms with Gasteiger partial charge in [0.2, 0.25) is 5.91 Å². The van der Waals surface area contributed by atoms with Gasteiger partial charge in [0, 0.05) is 24.4 Å². The second-order valence-corrected chi connectivity index (χ2v) is 7.35. The van der Waals surface area contributed by atoms with E-state index in [-0.39, 0.29) is 30.5 Å². The summed E-state index contributed by atoms with van der Waals surface area (Å²) < 4.78 is 39.6. The van der Waals surface area contributed by atoms with Crippen molar-refractivity contribution in [2.24, 2.45) is 11.7 Å². The lowest BCUT2D eigenvalue weighted by Crippen LogP contribution is -2.53. The molecular formula is C17H24ClF3N6O. The van der Waals surface area contributed by atoms with E-state index in [9.17, 15) is 18.0 Å². The van der Waals surface area contributed by atoms with Crippen molar-refractivity contribution in [3.05, 3.63) is 22.8 Å². The lowest BCUT2D eigenvalue weighted by molar-refractivity contribution is -0.144. The molecule has 2 aromatic heterocycles. The number of nitrogens with zero attached hydrogens (tertiary/aromatic N) is 4. The molecule has 0 saturated heterocycles. The summed E-state index contributed by atoms with van der Waals surface area (Å²) in [6, 6.07) is 0. The third-order valence-electron chi connectivity index (χ3n) is 5.23. The number of rotatable bonds is 6. The van der Waals surface area contributed by atoms with Crippen LogP contribution in [0.4, 0.5) is 13.2 Å². The van der Waals surface area contributed by atoms with E-state index in [1.165, 1.54) is 0 Å². The van der Waals surface area contributed by atoms with Crippen molar-refractivity contribution in [1.82, 2.24) is 24.9 Å². The zero-order valence-corrected chi connectivity index (χ0v) is 16.7. The van der Waals surface area contributed by atoms with Crippen molar-refractivity contribution < 1.29 is 18.0 Å². The van der Waals surface area contributed by atoms with Crippen LogP contribution in [0.15, 0.2) is 0 Å². The highest BCUT2D eigenvalue weighted by molar-refractivity contribution is 5.85. The number of aryl methyl sites for hydroxylation is 2. The third kappa shape index (κ3) is 4.38. The summed E-state index contributed by atoms with van der Waals surface area (Å²) in [7, 11) is 0. The summed E-state index contributed by atoms with van der Waals surface area (Å²) in [5.41, 5.74) is 7.14. The van der Waals surface area contributed by atoms with E-state index >= 15 is 0 Å². The monoisotopic (exact) mass is 420 g/mol. The molecule has 3 N–H and O–H groups in total. The molecule has 1 aliphatic rings. The van der Waals surface area contributed by atoms with Gasteiger partial charge < -0.3 is 11.1 Å². The maximum atomic E-state index is 12.8. The molecule has 2 heterocycles. The maximum Gasteiger partial charge on any atom is 0.453 e. The average Bonchev–Trinajstić information content (AvgIpc) is 3.34. The van der Waals surface area contributed by atoms with Crippen molar-refractivity contribution in [1.29, 1.82) is 0 Å². The first-order chi connectivity index (χ1) is 12.5. The van der Waals surface area contributed by atoms with Gasteiger partial charge in [-0.3, -0.25) is 4.79 Å². The molecule has 1 amide bonds. The molecule has 3 rings (SSSR count). The molecule has 11 heteroatoms. The van der Waals surface area contributed by atoms with Crippen LogP contribution in [0.25, 0.3) is 5.78 Å². The first-order valence-electron chi connectivity index (χ1n) is 8.86. The Morgan fingerprint density at radius 3 is 2.46 bits per heavy atom. The van der Waals surface area contributed by atoms with Crippen molar-refractivity contribution in [3.63, 3.8) is 0 Å². The molecule has 0 spiro atoms. The van der Waals surface area contributed by atoms with Gasteiger partial charge in [0.05, 0.1) is 5.54 Å². The van der Waals surface area contributed by atoms with Gasteiger partial charge in [0.1, 0.15) is 0 Å². The lowest BCUT2D eigenvalue weighted by atomic mass is 9.95. The largest absolute Gasteiger partial charge is 0.453 e. The molecule has 0 aliphatic heterocycles. The second-order valence-electron chi connectivity index (χ2n) is 7.35. The van der Waals surface area contributed by atoms with Crippen LogP contribution in [-0.2, 0) is 17.4 Å². The fourth-order valence-electron chi connectivity index (χ4n) is 3.35. The summed E-state index contributed by atoms with van der Waals surface area (Å²) in [5, 5.41) is 6.52. The van der Waals surface area contributed by atoms with Gasteiger partial charge in [-0.2, -0.15) is 18.2 Å². The van der Waals surface area contributed by atoms with Crippen LogP contribution >= 0.6 is 12.4 Å². The first-order valence-corrected chi connectivity index (χ1v) is 8.86. The minimum absolute atomic E-state index is 0. The Labute approximate surface area is 166 Å². The molecule has 2 aromatic rings. The van der Waals surface area contributed by atoms with Crippen LogP contribution in [0.3, 0.4) is 0 Å². The number of nitrogens with two attached hydrogens (primary N) is 1. The number of carbonyl (C=O) groups excluding carboxylic acids is 1. The van der Waals surface area contributed by atoms with E-state index in [1.54, 1.807) is 13.8 Å². The zero-order chi connectivity index (χ0) is 20.0. The quantitative estimate of drug-likeness (QED) is 0.747. The van der Waals surface area contributed by atoms with E-state index in [0.29, 0.717) is 35.8 Å². The van der Waals surface area contributed by atoms with Gasteiger partial charge in [0.15, 0.2) is 0 Å². The molecule has 0 aromatic carbocycles. The molecular weight excluding hydrogens is 397 g/mol. The molecule has 7 nitrogen and oxygen atoms in total. The summed E-state index contributed by atoms with van der Waals surface area (Å²) >= 11 is 0. The topological polar surface area (TPSA) is 98.2 Å². The van der Waals surface area contributed by atoms with E-state index in [2.05, 4.69) is 20.4 Å². The summed E-state index contributed by atoms with van der Waals surface area (Å²) in [4.78, 5) is 19.9. The SMILES string of the molecule is Cc1nc2nc(C(F)(F)F)nn2c(C)c1CCC(=O)NC(C)(CN)C1CC1.Cl. The van der Waals surface area contributed by atoms with Crippen molar-refractivity contribution >= 4 is 24.1 Å². The number of halogens is 4. The number of nitrogens with one attached hydrogen (secondary N) is 1. The van der Waals surface area contributed by atoms with Gasteiger partial charge in [0.25, 0.3) is 11.6 Å². The van der Waals surface area contributed by atoms with Gasteiger partial charge >= 0.3 is 6.18 Å². The third-order valence-corrected chi connectivity index (χ3v) is 5.23. The van der Waals surface area contributed by atoms with Crippen molar-refractivity contribution in [2.75, 3.05) is 6.54 Å². The minimum atomic E-state index is -4.64. The number of aromatic nitrogens is 4. The van der Waals surface area contributed by atoms with Gasteiger partial charge in [-0.1, -0.05) is 0 Å². The summed E-state index contributed by atoms with van der Waals surface area (Å²) in [6.07, 6.45) is -1.98. The maximum absolute atomic E-state index is 12.8. The number of carbonyl (C=O) groups is 1. The van der Waals surface area contributed by atoms with Crippen molar-refractivity contribution in [2.45, 2.75) is 58.2 Å². The van der Waals surface area contributed by atoms with Crippen LogP contribution in [0.1, 0.15) is 49.0 Å². The predicted molar refractivity (Wildman–Crippen MR) is 99.2 cm³/mol. The Balaban J connectivity index is 0.00000280. The van der Waals surface area contributed by atoms with Gasteiger partial charge in [-0.15, -0.1) is 17.5 Å². The fourth-order valence-corrected chi connectivity index (χ4v) is 3.35. The fraction of sp³-hybridized carbons (Fsp3) is 0.647. The number of fused-ring (bicyclic) bond motifs is 1. The number of hydrogen-bond acceptors (Lipinski definition) is 5. The normalized spacial score (nSPS) is 16.5. The average molecular weight is 421 g/mol. The molecule has 0 radical (unpaired) electrons. The lowest BCUT2D eigenvalue weighted by Gasteiger charge is -2.29. The molecule has 1 unspecified atom stereocenters. The number of hydrogen-bond donors (Lipinski definition) is 2. The van der Waals surface area contributed by atoms with Crippen LogP contribution in [0.5, 0.6) is 0 Å². The van der Waals surface area contributed by atoms with E-state index in [0.717, 1.165) is 17.4 Å². The Hall–Kier alpha value is -1.94. The smallest absolute Gasteiger partial charge is 0.349 e. The highest BCUT2D eigenvalue weighted by atomic mass is 35.5. The van der Waals surface area contributed by atoms with Crippen LogP contribution in [0.2, 0.25) is 0 Å². The minimum Gasteiger partial charge on any atom is -0.349 e. The van der Waals surface area contributed by atoms with E-state index in [4.69, 9.17) is 5.73 Å². The van der Waals surface area contributed by atoms with Crippen molar-refractivity contribution in [3.8, 4) is 0 Å². The molecule has 1 atom stereocenters. The van der Waals surface area contributed by atoms with Crippen LogP contribution in [-0.4, -0.2) is 37.6 Å². The summed E-state index contributed by atoms with van der Waals surface area (Å²) in [5.74, 6) is -1.06. The zero-order valence-electron chi connectivity index (χ0n) is 15.9. The van der Waals surface area contributed by atoms with Gasteiger partial charge in [-0.05, 0) is 51.5 Å². The molecule has 28 heavy (non-hydrogen) atoms. The molecule has 156 valence electrons. The second kappa shape index (κ2) is 7.82. The molecule has 1 saturated carbocycles. The molecule has 1 fully saturated rings. The van der Waals surface area contributed by atoms with E-state index in [1.807, 2.05) is 6.92 Å². The van der Waals surface area contributed by atoms with Crippen LogP contribution in [0, 0.1) is 19.8 Å². The Kier molecular flexibility index (Phi) is 6.25. The first kappa shape index (κ1) is 22.4. The number of alkyl halides is 3. The highest BCUT2D eigenvalue weighted by Crippen LogP contribution is 2.39. The standard InChI is InChI=1S/C17H23F3N6O.ClH/c1-9-12(6-7-13(27)24-16(3,8-21)11-4-5-11)10(2)26-15(22-9)23-14(25-26)17(18,19)20;/h11H,4-8,21H2,1-3H3,(H,24,27);1H. The Morgan fingerprint density at radius 1 is 1.29 bits per heavy atom. The Morgan fingerprint density at radius 2 is 1.93 bits per heavy atom. The Bertz CT molecular complexity index is 880. The van der Waals surface area contributed by atoms with Gasteiger partial charge in [-0.25, -0.2) is 9.50 Å². The predicted octanol–water partition coefficient (Wildman–Crippen LogP) is 2.36. The highest BCUT2D eigenvalue weighted by Gasteiger charge is 2.41. The molecule has 1 aliphatic carbocycles.